The maximum atomic E-state index is 11.4. The second kappa shape index (κ2) is 5.40. The Morgan fingerprint density at radius 1 is 1.59 bits per heavy atom. The minimum absolute atomic E-state index is 0.0673. The summed E-state index contributed by atoms with van der Waals surface area (Å²) >= 11 is 5.47. The maximum absolute atomic E-state index is 11.4. The second-order valence-electron chi connectivity index (χ2n) is 3.37. The summed E-state index contributed by atoms with van der Waals surface area (Å²) < 4.78 is 0. The zero-order valence-electron chi connectivity index (χ0n) is 9.13. The lowest BCUT2D eigenvalue weighted by molar-refractivity contribution is 0.0692. The molecule has 0 atom stereocenters. The van der Waals surface area contributed by atoms with Crippen LogP contribution < -0.4 is 10.6 Å². The fraction of sp³-hybridized carbons (Fsp3) is 0.200. The zero-order valence-corrected chi connectivity index (χ0v) is 9.89. The van der Waals surface area contributed by atoms with Gasteiger partial charge in [0, 0.05) is 10.7 Å². The van der Waals surface area contributed by atoms with Crippen molar-refractivity contribution in [2.45, 2.75) is 6.92 Å². The lowest BCUT2D eigenvalue weighted by Crippen LogP contribution is -2.30. The number of carboxylic acid groups (broad SMARTS) is 1. The van der Waals surface area contributed by atoms with E-state index in [4.69, 9.17) is 16.7 Å². The van der Waals surface area contributed by atoms with Crippen molar-refractivity contribution in [3.63, 3.8) is 0 Å². The number of carbonyl (C=O) groups is 2. The van der Waals surface area contributed by atoms with Gasteiger partial charge in [-0.3, -0.25) is 0 Å². The van der Waals surface area contributed by atoms with Gasteiger partial charge in [0.15, 0.2) is 0 Å². The molecule has 0 bridgehead atoms. The summed E-state index contributed by atoms with van der Waals surface area (Å²) in [7, 11) is 0. The van der Waals surface area contributed by atoms with Gasteiger partial charge in [-0.2, -0.15) is 0 Å². The third-order valence-corrected chi connectivity index (χ3v) is 1.99. The number of carboxylic acids is 1. The Hall–Kier alpha value is -1.95. The summed E-state index contributed by atoms with van der Waals surface area (Å²) in [4.78, 5) is 24.8. The number of rotatable bonds is 4. The van der Waals surface area contributed by atoms with Crippen molar-refractivity contribution in [1.29, 1.82) is 0 Å². The molecule has 0 unspecified atom stereocenters. The number of halogens is 1. The largest absolute Gasteiger partial charge is 0.477 e. The molecular weight excluding hydrogens is 246 g/mol. The maximum Gasteiger partial charge on any atom is 0.354 e. The molecule has 1 heterocycles. The van der Waals surface area contributed by atoms with Gasteiger partial charge in [0.1, 0.15) is 5.69 Å². The zero-order chi connectivity index (χ0) is 13.0. The highest BCUT2D eigenvalue weighted by molar-refractivity contribution is 6.29. The van der Waals surface area contributed by atoms with E-state index in [9.17, 15) is 9.59 Å². The molecule has 0 fully saturated rings. The Morgan fingerprint density at radius 3 is 2.76 bits per heavy atom. The molecule has 17 heavy (non-hydrogen) atoms. The van der Waals surface area contributed by atoms with Crippen molar-refractivity contribution >= 4 is 29.3 Å². The van der Waals surface area contributed by atoms with E-state index in [0.29, 0.717) is 5.69 Å². The quantitative estimate of drug-likeness (QED) is 0.663. The van der Waals surface area contributed by atoms with Crippen LogP contribution in [0, 0.1) is 6.92 Å². The van der Waals surface area contributed by atoms with E-state index >= 15 is 0 Å². The predicted molar refractivity (Wildman–Crippen MR) is 64.5 cm³/mol. The highest BCUT2D eigenvalue weighted by Crippen LogP contribution is 2.16. The summed E-state index contributed by atoms with van der Waals surface area (Å²) in [5, 5.41) is 14.0. The number of anilines is 1. The first-order chi connectivity index (χ1) is 7.90. The van der Waals surface area contributed by atoms with Crippen LogP contribution >= 0.6 is 11.6 Å². The minimum atomic E-state index is -1.14. The summed E-state index contributed by atoms with van der Waals surface area (Å²) in [6.45, 7) is 5.21. The number of urea groups is 1. The molecule has 0 aliphatic carbocycles. The molecule has 1 aromatic heterocycles. The number of carbonyl (C=O) groups excluding carboxylic acids is 1. The van der Waals surface area contributed by atoms with Crippen LogP contribution in [0.4, 0.5) is 10.5 Å². The third-order valence-electron chi connectivity index (χ3n) is 1.86. The molecule has 0 aliphatic rings. The first-order valence-corrected chi connectivity index (χ1v) is 5.09. The Kier molecular flexibility index (Phi) is 4.17. The Bertz CT molecular complexity index is 467. The van der Waals surface area contributed by atoms with Crippen LogP contribution in [0.2, 0.25) is 0 Å². The fourth-order valence-electron chi connectivity index (χ4n) is 1.20. The lowest BCUT2D eigenvalue weighted by Gasteiger charge is -2.05. The molecular formula is C10H12ClN3O3. The average Bonchev–Trinajstić information content (AvgIpc) is 2.56. The van der Waals surface area contributed by atoms with Crippen molar-refractivity contribution in [3.8, 4) is 0 Å². The molecule has 0 spiro atoms. The van der Waals surface area contributed by atoms with Gasteiger partial charge in [0.25, 0.3) is 0 Å². The van der Waals surface area contributed by atoms with Gasteiger partial charge in [0.2, 0.25) is 0 Å². The average molecular weight is 258 g/mol. The Labute approximate surface area is 103 Å². The molecule has 0 saturated heterocycles. The number of hydrogen-bond acceptors (Lipinski definition) is 2. The Balaban J connectivity index is 2.71. The van der Waals surface area contributed by atoms with Crippen LogP contribution in [0.1, 0.15) is 16.2 Å². The van der Waals surface area contributed by atoms with Crippen molar-refractivity contribution in [1.82, 2.24) is 10.3 Å². The molecule has 0 saturated carbocycles. The first-order valence-electron chi connectivity index (χ1n) is 4.71. The van der Waals surface area contributed by atoms with Gasteiger partial charge in [-0.25, -0.2) is 9.59 Å². The van der Waals surface area contributed by atoms with Crippen molar-refractivity contribution in [2.75, 3.05) is 11.9 Å². The number of aromatic amines is 1. The summed E-state index contributed by atoms with van der Waals surface area (Å²) in [5.41, 5.74) is 0.773. The number of amides is 2. The number of aromatic nitrogens is 1. The summed E-state index contributed by atoms with van der Waals surface area (Å²) in [6, 6.07) is 0.978. The summed E-state index contributed by atoms with van der Waals surface area (Å²) in [5.74, 6) is -1.14. The highest BCUT2D eigenvalue weighted by atomic mass is 35.5. The van der Waals surface area contributed by atoms with Gasteiger partial charge in [-0.05, 0) is 13.0 Å². The minimum Gasteiger partial charge on any atom is -0.477 e. The summed E-state index contributed by atoms with van der Waals surface area (Å²) in [6.07, 6.45) is 0. The molecule has 0 radical (unpaired) electrons. The normalized spacial score (nSPS) is 9.76. The molecule has 0 aliphatic heterocycles. The molecule has 7 heteroatoms. The second-order valence-corrected chi connectivity index (χ2v) is 3.91. The fourth-order valence-corrected chi connectivity index (χ4v) is 1.27. The molecule has 4 N–H and O–H groups in total. The van der Waals surface area contributed by atoms with E-state index in [1.54, 1.807) is 6.92 Å². The van der Waals surface area contributed by atoms with E-state index in [1.165, 1.54) is 6.07 Å². The van der Waals surface area contributed by atoms with Crippen molar-refractivity contribution in [3.05, 3.63) is 29.1 Å². The van der Waals surface area contributed by atoms with Gasteiger partial charge >= 0.3 is 12.0 Å². The Morgan fingerprint density at radius 2 is 2.24 bits per heavy atom. The van der Waals surface area contributed by atoms with Crippen molar-refractivity contribution < 1.29 is 14.7 Å². The standard InChI is InChI=1S/C10H12ClN3O3/c1-5(11)4-12-10(17)14-7-3-6(2)13-8(7)9(15)16/h3,13H,1,4H2,2H3,(H,15,16)(H2,12,14,17). The van der Waals surface area contributed by atoms with E-state index in [0.717, 1.165) is 0 Å². The number of H-pyrrole nitrogens is 1. The topological polar surface area (TPSA) is 94.2 Å². The van der Waals surface area contributed by atoms with Crippen LogP contribution in [0.15, 0.2) is 17.7 Å². The number of aryl methyl sites for hydroxylation is 1. The highest BCUT2D eigenvalue weighted by Gasteiger charge is 2.14. The van der Waals surface area contributed by atoms with Crippen molar-refractivity contribution in [2.24, 2.45) is 0 Å². The molecule has 2 amide bonds. The smallest absolute Gasteiger partial charge is 0.354 e. The van der Waals surface area contributed by atoms with E-state index < -0.39 is 12.0 Å². The van der Waals surface area contributed by atoms with Crippen LogP contribution in [0.5, 0.6) is 0 Å². The first kappa shape index (κ1) is 13.1. The lowest BCUT2D eigenvalue weighted by atomic mass is 10.3. The predicted octanol–water partition coefficient (Wildman–Crippen LogP) is 1.90. The number of aromatic carboxylic acids is 1. The third kappa shape index (κ3) is 3.84. The van der Waals surface area contributed by atoms with Crippen LogP contribution in [-0.4, -0.2) is 28.6 Å². The van der Waals surface area contributed by atoms with Gasteiger partial charge in [-0.1, -0.05) is 18.2 Å². The number of nitrogens with one attached hydrogen (secondary N) is 3. The van der Waals surface area contributed by atoms with Gasteiger partial charge in [0.05, 0.1) is 12.2 Å². The van der Waals surface area contributed by atoms with Crippen LogP contribution in [0.3, 0.4) is 0 Å². The van der Waals surface area contributed by atoms with Gasteiger partial charge < -0.3 is 20.7 Å². The SMILES string of the molecule is C=C(Cl)CNC(=O)Nc1cc(C)[nH]c1C(=O)O. The molecule has 6 nitrogen and oxygen atoms in total. The monoisotopic (exact) mass is 257 g/mol. The van der Waals surface area contributed by atoms with Gasteiger partial charge in [-0.15, -0.1) is 0 Å². The molecule has 92 valence electrons. The number of hydrogen-bond donors (Lipinski definition) is 4. The molecule has 1 rings (SSSR count). The van der Waals surface area contributed by atoms with E-state index in [1.807, 2.05) is 0 Å². The van der Waals surface area contributed by atoms with E-state index in [-0.39, 0.29) is 23.0 Å². The van der Waals surface area contributed by atoms with Crippen LogP contribution in [-0.2, 0) is 0 Å². The van der Waals surface area contributed by atoms with E-state index in [2.05, 4.69) is 22.2 Å². The molecule has 1 aromatic rings. The van der Waals surface area contributed by atoms with Crippen LogP contribution in [0.25, 0.3) is 0 Å². The molecule has 0 aromatic carbocycles.